The normalized spacial score (nSPS) is 14.7. The van der Waals surface area contributed by atoms with Gasteiger partial charge in [-0.05, 0) is 54.8 Å². The fourth-order valence-corrected chi connectivity index (χ4v) is 3.09. The number of hydrogen-bond acceptors (Lipinski definition) is 3. The molecule has 3 heteroatoms. The van der Waals surface area contributed by atoms with Crippen molar-refractivity contribution in [1.29, 1.82) is 5.26 Å². The maximum absolute atomic E-state index is 8.81. The minimum atomic E-state index is 0.711. The van der Waals surface area contributed by atoms with Crippen molar-refractivity contribution in [1.82, 2.24) is 10.2 Å². The standard InChI is InChI=1S/C20H23N3/c21-13-17-6-8-18(9-7-17)14-22-15-19-4-3-5-20(12-19)16-23-10-1-2-11-23/h3-9,12,22H,1-2,10-11,14-16H2. The van der Waals surface area contributed by atoms with Gasteiger partial charge in [0.1, 0.15) is 0 Å². The summed E-state index contributed by atoms with van der Waals surface area (Å²) in [5, 5.41) is 12.3. The molecule has 1 N–H and O–H groups in total. The van der Waals surface area contributed by atoms with Crippen LogP contribution in [0.2, 0.25) is 0 Å². The zero-order valence-corrected chi connectivity index (χ0v) is 13.5. The summed E-state index contributed by atoms with van der Waals surface area (Å²) in [6, 6.07) is 18.8. The summed E-state index contributed by atoms with van der Waals surface area (Å²) in [6.07, 6.45) is 2.68. The zero-order chi connectivity index (χ0) is 15.9. The summed E-state index contributed by atoms with van der Waals surface area (Å²) in [7, 11) is 0. The molecule has 1 saturated heterocycles. The average Bonchev–Trinajstić information content (AvgIpc) is 3.09. The molecular formula is C20H23N3. The van der Waals surface area contributed by atoms with Crippen LogP contribution in [-0.2, 0) is 19.6 Å². The van der Waals surface area contributed by atoms with E-state index in [2.05, 4.69) is 40.6 Å². The summed E-state index contributed by atoms with van der Waals surface area (Å²) >= 11 is 0. The molecule has 2 aromatic rings. The number of rotatable bonds is 6. The second kappa shape index (κ2) is 7.92. The molecule has 0 spiro atoms. The van der Waals surface area contributed by atoms with Crippen molar-refractivity contribution in [2.45, 2.75) is 32.5 Å². The molecule has 2 aromatic carbocycles. The highest BCUT2D eigenvalue weighted by Crippen LogP contribution is 2.14. The molecule has 0 atom stereocenters. The van der Waals surface area contributed by atoms with Crippen molar-refractivity contribution in [3.63, 3.8) is 0 Å². The lowest BCUT2D eigenvalue weighted by Gasteiger charge is -2.15. The summed E-state index contributed by atoms with van der Waals surface area (Å²) in [4.78, 5) is 2.53. The second-order valence-corrected chi connectivity index (χ2v) is 6.22. The summed E-state index contributed by atoms with van der Waals surface area (Å²) in [6.45, 7) is 5.24. The van der Waals surface area contributed by atoms with Crippen LogP contribution in [0.4, 0.5) is 0 Å². The van der Waals surface area contributed by atoms with E-state index >= 15 is 0 Å². The highest BCUT2D eigenvalue weighted by molar-refractivity contribution is 5.31. The van der Waals surface area contributed by atoms with Crippen LogP contribution in [0.15, 0.2) is 48.5 Å². The molecule has 1 heterocycles. The Morgan fingerprint density at radius 2 is 1.61 bits per heavy atom. The molecule has 0 saturated carbocycles. The third-order valence-electron chi connectivity index (χ3n) is 4.34. The molecule has 1 aliphatic heterocycles. The van der Waals surface area contributed by atoms with Crippen LogP contribution >= 0.6 is 0 Å². The maximum atomic E-state index is 8.81. The Labute approximate surface area is 138 Å². The van der Waals surface area contributed by atoms with Gasteiger partial charge in [0.15, 0.2) is 0 Å². The molecule has 0 amide bonds. The molecule has 3 nitrogen and oxygen atoms in total. The Morgan fingerprint density at radius 3 is 2.35 bits per heavy atom. The van der Waals surface area contributed by atoms with Gasteiger partial charge in [0, 0.05) is 19.6 Å². The molecule has 0 aliphatic carbocycles. The van der Waals surface area contributed by atoms with Crippen LogP contribution in [0.3, 0.4) is 0 Å². The van der Waals surface area contributed by atoms with Gasteiger partial charge in [-0.1, -0.05) is 36.4 Å². The fourth-order valence-electron chi connectivity index (χ4n) is 3.09. The SMILES string of the molecule is N#Cc1ccc(CNCc2cccc(CN3CCCC3)c2)cc1. The topological polar surface area (TPSA) is 39.1 Å². The molecule has 0 aromatic heterocycles. The van der Waals surface area contributed by atoms with E-state index in [9.17, 15) is 0 Å². The number of nitrogens with one attached hydrogen (secondary N) is 1. The molecule has 0 unspecified atom stereocenters. The Hall–Kier alpha value is -2.15. The second-order valence-electron chi connectivity index (χ2n) is 6.22. The average molecular weight is 305 g/mol. The molecular weight excluding hydrogens is 282 g/mol. The predicted molar refractivity (Wildman–Crippen MR) is 92.7 cm³/mol. The minimum Gasteiger partial charge on any atom is -0.309 e. The van der Waals surface area contributed by atoms with Gasteiger partial charge in [-0.25, -0.2) is 0 Å². The molecule has 118 valence electrons. The van der Waals surface area contributed by atoms with Gasteiger partial charge >= 0.3 is 0 Å². The Balaban J connectivity index is 1.50. The minimum absolute atomic E-state index is 0.711. The van der Waals surface area contributed by atoms with E-state index in [4.69, 9.17) is 5.26 Å². The lowest BCUT2D eigenvalue weighted by atomic mass is 10.1. The fraction of sp³-hybridized carbons (Fsp3) is 0.350. The summed E-state index contributed by atoms with van der Waals surface area (Å²) < 4.78 is 0. The lowest BCUT2D eigenvalue weighted by molar-refractivity contribution is 0.331. The third-order valence-corrected chi connectivity index (χ3v) is 4.34. The predicted octanol–water partition coefficient (Wildman–Crippen LogP) is 3.44. The van der Waals surface area contributed by atoms with Crippen molar-refractivity contribution >= 4 is 0 Å². The Kier molecular flexibility index (Phi) is 5.42. The van der Waals surface area contributed by atoms with E-state index in [-0.39, 0.29) is 0 Å². The van der Waals surface area contributed by atoms with Crippen LogP contribution in [0.1, 0.15) is 35.1 Å². The molecule has 1 aliphatic rings. The number of nitrogens with zero attached hydrogens (tertiary/aromatic N) is 2. The van der Waals surface area contributed by atoms with E-state index in [0.29, 0.717) is 5.56 Å². The quantitative estimate of drug-likeness (QED) is 0.888. The highest BCUT2D eigenvalue weighted by atomic mass is 15.1. The molecule has 23 heavy (non-hydrogen) atoms. The van der Waals surface area contributed by atoms with Gasteiger partial charge in [-0.15, -0.1) is 0 Å². The first-order chi connectivity index (χ1) is 11.3. The monoisotopic (exact) mass is 305 g/mol. The van der Waals surface area contributed by atoms with Crippen molar-refractivity contribution in [3.8, 4) is 6.07 Å². The van der Waals surface area contributed by atoms with Gasteiger partial charge in [-0.3, -0.25) is 4.90 Å². The van der Waals surface area contributed by atoms with Crippen LogP contribution in [0, 0.1) is 11.3 Å². The number of hydrogen-bond donors (Lipinski definition) is 1. The van der Waals surface area contributed by atoms with E-state index in [1.54, 1.807) is 0 Å². The van der Waals surface area contributed by atoms with Gasteiger partial charge in [0.25, 0.3) is 0 Å². The van der Waals surface area contributed by atoms with Crippen LogP contribution < -0.4 is 5.32 Å². The lowest BCUT2D eigenvalue weighted by Crippen LogP contribution is -2.18. The van der Waals surface area contributed by atoms with Crippen molar-refractivity contribution in [3.05, 3.63) is 70.8 Å². The van der Waals surface area contributed by atoms with E-state index < -0.39 is 0 Å². The molecule has 0 radical (unpaired) electrons. The molecule has 1 fully saturated rings. The van der Waals surface area contributed by atoms with Gasteiger partial charge in [0.2, 0.25) is 0 Å². The molecule has 0 bridgehead atoms. The van der Waals surface area contributed by atoms with E-state index in [1.165, 1.54) is 42.6 Å². The molecule has 3 rings (SSSR count). The first kappa shape index (κ1) is 15.7. The summed E-state index contributed by atoms with van der Waals surface area (Å²) in [5.74, 6) is 0. The first-order valence-electron chi connectivity index (χ1n) is 8.33. The Morgan fingerprint density at radius 1 is 0.913 bits per heavy atom. The van der Waals surface area contributed by atoms with Crippen LogP contribution in [0.5, 0.6) is 0 Å². The number of likely N-dealkylation sites (tertiary alicyclic amines) is 1. The van der Waals surface area contributed by atoms with Crippen molar-refractivity contribution in [2.24, 2.45) is 0 Å². The highest BCUT2D eigenvalue weighted by Gasteiger charge is 2.11. The summed E-state index contributed by atoms with van der Waals surface area (Å²) in [5.41, 5.74) is 4.65. The van der Waals surface area contributed by atoms with Crippen molar-refractivity contribution in [2.75, 3.05) is 13.1 Å². The number of benzene rings is 2. The zero-order valence-electron chi connectivity index (χ0n) is 13.5. The third kappa shape index (κ3) is 4.66. The Bertz CT molecular complexity index is 664. The van der Waals surface area contributed by atoms with Crippen LogP contribution in [0.25, 0.3) is 0 Å². The van der Waals surface area contributed by atoms with Gasteiger partial charge in [0.05, 0.1) is 11.6 Å². The van der Waals surface area contributed by atoms with Gasteiger partial charge < -0.3 is 5.32 Å². The van der Waals surface area contributed by atoms with E-state index in [1.807, 2.05) is 24.3 Å². The maximum Gasteiger partial charge on any atom is 0.0991 e. The van der Waals surface area contributed by atoms with E-state index in [0.717, 1.165) is 19.6 Å². The number of nitriles is 1. The van der Waals surface area contributed by atoms with Gasteiger partial charge in [-0.2, -0.15) is 5.26 Å². The van der Waals surface area contributed by atoms with Crippen molar-refractivity contribution < 1.29 is 0 Å². The largest absolute Gasteiger partial charge is 0.309 e. The first-order valence-corrected chi connectivity index (χ1v) is 8.33. The smallest absolute Gasteiger partial charge is 0.0991 e. The van der Waals surface area contributed by atoms with Crippen LogP contribution in [-0.4, -0.2) is 18.0 Å².